The van der Waals surface area contributed by atoms with Crippen LogP contribution in [-0.4, -0.2) is 52.6 Å². The minimum atomic E-state index is -0.344. The van der Waals surface area contributed by atoms with E-state index in [0.717, 1.165) is 5.56 Å². The van der Waals surface area contributed by atoms with Crippen LogP contribution in [0.1, 0.15) is 29.8 Å². The highest BCUT2D eigenvalue weighted by molar-refractivity contribution is 5.94. The van der Waals surface area contributed by atoms with Crippen molar-refractivity contribution >= 4 is 11.8 Å². The zero-order valence-electron chi connectivity index (χ0n) is 14.9. The van der Waals surface area contributed by atoms with Crippen LogP contribution in [0.5, 0.6) is 0 Å². The van der Waals surface area contributed by atoms with Gasteiger partial charge in [0.05, 0.1) is 31.6 Å². The SMILES string of the molecule is Cc1cnn(CC2CN(c3ncccc3C(=O)OC(C)C)CCO2)c1. The van der Waals surface area contributed by atoms with Crippen molar-refractivity contribution in [1.82, 2.24) is 14.8 Å². The first-order valence-electron chi connectivity index (χ1n) is 8.54. The van der Waals surface area contributed by atoms with Crippen molar-refractivity contribution in [2.24, 2.45) is 0 Å². The second-order valence-corrected chi connectivity index (χ2v) is 6.51. The number of nitrogens with zero attached hydrogens (tertiary/aromatic N) is 4. The van der Waals surface area contributed by atoms with Crippen molar-refractivity contribution in [2.45, 2.75) is 39.5 Å². The number of aryl methyl sites for hydroxylation is 1. The average molecular weight is 344 g/mol. The molecule has 1 aliphatic heterocycles. The van der Waals surface area contributed by atoms with Crippen LogP contribution in [-0.2, 0) is 16.0 Å². The van der Waals surface area contributed by atoms with Gasteiger partial charge in [0.15, 0.2) is 0 Å². The summed E-state index contributed by atoms with van der Waals surface area (Å²) in [5.41, 5.74) is 1.61. The summed E-state index contributed by atoms with van der Waals surface area (Å²) in [6.45, 7) is 8.28. The van der Waals surface area contributed by atoms with Crippen molar-refractivity contribution in [3.63, 3.8) is 0 Å². The smallest absolute Gasteiger partial charge is 0.342 e. The average Bonchev–Trinajstić information content (AvgIpc) is 2.99. The fraction of sp³-hybridized carbons (Fsp3) is 0.500. The zero-order valence-corrected chi connectivity index (χ0v) is 14.9. The predicted molar refractivity (Wildman–Crippen MR) is 93.7 cm³/mol. The maximum absolute atomic E-state index is 12.4. The minimum absolute atomic E-state index is 0.0102. The third-order valence-corrected chi connectivity index (χ3v) is 3.94. The van der Waals surface area contributed by atoms with Crippen molar-refractivity contribution in [3.05, 3.63) is 41.9 Å². The molecule has 0 aliphatic carbocycles. The zero-order chi connectivity index (χ0) is 17.8. The fourth-order valence-corrected chi connectivity index (χ4v) is 2.88. The van der Waals surface area contributed by atoms with Crippen molar-refractivity contribution in [2.75, 3.05) is 24.6 Å². The van der Waals surface area contributed by atoms with Gasteiger partial charge in [-0.3, -0.25) is 4.68 Å². The van der Waals surface area contributed by atoms with Gasteiger partial charge in [0.2, 0.25) is 0 Å². The molecule has 0 saturated carbocycles. The normalized spacial score (nSPS) is 17.8. The van der Waals surface area contributed by atoms with Gasteiger partial charge in [-0.25, -0.2) is 9.78 Å². The van der Waals surface area contributed by atoms with E-state index in [1.54, 1.807) is 18.3 Å². The van der Waals surface area contributed by atoms with E-state index in [1.165, 1.54) is 0 Å². The van der Waals surface area contributed by atoms with E-state index in [4.69, 9.17) is 9.47 Å². The Morgan fingerprint density at radius 1 is 1.48 bits per heavy atom. The summed E-state index contributed by atoms with van der Waals surface area (Å²) < 4.78 is 13.1. The van der Waals surface area contributed by atoms with Crippen LogP contribution < -0.4 is 4.90 Å². The van der Waals surface area contributed by atoms with Crippen LogP contribution >= 0.6 is 0 Å². The van der Waals surface area contributed by atoms with Crippen LogP contribution in [0.15, 0.2) is 30.7 Å². The summed E-state index contributed by atoms with van der Waals surface area (Å²) in [6.07, 6.45) is 5.35. The number of carbonyl (C=O) groups is 1. The first-order chi connectivity index (χ1) is 12.0. The molecule has 3 heterocycles. The van der Waals surface area contributed by atoms with Crippen LogP contribution in [0.4, 0.5) is 5.82 Å². The monoisotopic (exact) mass is 344 g/mol. The lowest BCUT2D eigenvalue weighted by Gasteiger charge is -2.34. The summed E-state index contributed by atoms with van der Waals surface area (Å²) in [7, 11) is 0. The van der Waals surface area contributed by atoms with E-state index in [1.807, 2.05) is 37.8 Å². The molecule has 0 N–H and O–H groups in total. The molecule has 7 nitrogen and oxygen atoms in total. The Morgan fingerprint density at radius 3 is 3.04 bits per heavy atom. The number of rotatable bonds is 5. The second kappa shape index (κ2) is 7.65. The van der Waals surface area contributed by atoms with Gasteiger partial charge in [-0.05, 0) is 38.5 Å². The number of ether oxygens (including phenoxy) is 2. The van der Waals surface area contributed by atoms with Gasteiger partial charge in [0.1, 0.15) is 11.4 Å². The van der Waals surface area contributed by atoms with Crippen LogP contribution in [0, 0.1) is 6.92 Å². The molecule has 0 radical (unpaired) electrons. The Balaban J connectivity index is 1.74. The maximum atomic E-state index is 12.4. The number of anilines is 1. The molecule has 0 spiro atoms. The molecular formula is C18H24N4O3. The quantitative estimate of drug-likeness (QED) is 0.773. The van der Waals surface area contributed by atoms with Gasteiger partial charge in [-0.15, -0.1) is 0 Å². The molecule has 3 rings (SSSR count). The van der Waals surface area contributed by atoms with Gasteiger partial charge in [0, 0.05) is 25.5 Å². The number of pyridine rings is 1. The topological polar surface area (TPSA) is 69.5 Å². The van der Waals surface area contributed by atoms with E-state index in [2.05, 4.69) is 15.0 Å². The van der Waals surface area contributed by atoms with E-state index in [-0.39, 0.29) is 18.2 Å². The Morgan fingerprint density at radius 2 is 2.32 bits per heavy atom. The first-order valence-corrected chi connectivity index (χ1v) is 8.54. The molecule has 134 valence electrons. The molecule has 1 saturated heterocycles. The summed E-state index contributed by atoms with van der Waals surface area (Å²) >= 11 is 0. The molecule has 1 unspecified atom stereocenters. The molecule has 0 aromatic carbocycles. The molecule has 1 fully saturated rings. The Labute approximate surface area is 147 Å². The Bertz CT molecular complexity index is 729. The predicted octanol–water partition coefficient (Wildman–Crippen LogP) is 2.06. The number of morpholine rings is 1. The van der Waals surface area contributed by atoms with E-state index in [0.29, 0.717) is 37.6 Å². The number of hydrogen-bond acceptors (Lipinski definition) is 6. The minimum Gasteiger partial charge on any atom is -0.459 e. The largest absolute Gasteiger partial charge is 0.459 e. The van der Waals surface area contributed by atoms with Crippen molar-refractivity contribution < 1.29 is 14.3 Å². The van der Waals surface area contributed by atoms with Gasteiger partial charge < -0.3 is 14.4 Å². The van der Waals surface area contributed by atoms with Gasteiger partial charge in [-0.1, -0.05) is 0 Å². The molecule has 1 atom stereocenters. The number of esters is 1. The molecule has 7 heteroatoms. The van der Waals surface area contributed by atoms with Crippen LogP contribution in [0.25, 0.3) is 0 Å². The number of carbonyl (C=O) groups excluding carboxylic acids is 1. The third-order valence-electron chi connectivity index (χ3n) is 3.94. The molecule has 1 aliphatic rings. The maximum Gasteiger partial charge on any atom is 0.342 e. The van der Waals surface area contributed by atoms with Crippen LogP contribution in [0.3, 0.4) is 0 Å². The lowest BCUT2D eigenvalue weighted by molar-refractivity contribution is 0.0264. The summed E-state index contributed by atoms with van der Waals surface area (Å²) in [6, 6.07) is 3.51. The first kappa shape index (κ1) is 17.4. The van der Waals surface area contributed by atoms with Gasteiger partial charge in [-0.2, -0.15) is 5.10 Å². The van der Waals surface area contributed by atoms with Gasteiger partial charge in [0.25, 0.3) is 0 Å². The number of hydrogen-bond donors (Lipinski definition) is 0. The molecule has 0 amide bonds. The summed E-state index contributed by atoms with van der Waals surface area (Å²) in [5, 5.41) is 4.31. The Kier molecular flexibility index (Phi) is 5.33. The summed E-state index contributed by atoms with van der Waals surface area (Å²) in [4.78, 5) is 18.9. The number of aromatic nitrogens is 3. The van der Waals surface area contributed by atoms with E-state index in [9.17, 15) is 4.79 Å². The molecule has 25 heavy (non-hydrogen) atoms. The van der Waals surface area contributed by atoms with E-state index < -0.39 is 0 Å². The Hall–Kier alpha value is -2.41. The van der Waals surface area contributed by atoms with Crippen molar-refractivity contribution in [1.29, 1.82) is 0 Å². The highest BCUT2D eigenvalue weighted by atomic mass is 16.5. The lowest BCUT2D eigenvalue weighted by atomic mass is 10.2. The lowest BCUT2D eigenvalue weighted by Crippen LogP contribution is -2.45. The van der Waals surface area contributed by atoms with E-state index >= 15 is 0 Å². The molecule has 2 aromatic rings. The molecular weight excluding hydrogens is 320 g/mol. The van der Waals surface area contributed by atoms with Crippen LogP contribution in [0.2, 0.25) is 0 Å². The van der Waals surface area contributed by atoms with Gasteiger partial charge >= 0.3 is 5.97 Å². The fourth-order valence-electron chi connectivity index (χ4n) is 2.88. The second-order valence-electron chi connectivity index (χ2n) is 6.51. The highest BCUT2D eigenvalue weighted by Crippen LogP contribution is 2.22. The highest BCUT2D eigenvalue weighted by Gasteiger charge is 2.26. The molecule has 2 aromatic heterocycles. The van der Waals surface area contributed by atoms with Crippen molar-refractivity contribution in [3.8, 4) is 0 Å². The molecule has 0 bridgehead atoms. The standard InChI is InChI=1S/C18H24N4O3/c1-13(2)25-18(23)16-5-4-6-19-17(16)21-7-8-24-15(11-21)12-22-10-14(3)9-20-22/h4-6,9-10,13,15H,7-8,11-12H2,1-3H3. The third kappa shape index (κ3) is 4.36. The summed E-state index contributed by atoms with van der Waals surface area (Å²) in [5.74, 6) is 0.307.